The molecule has 1 heterocycles. The van der Waals surface area contributed by atoms with E-state index in [1.54, 1.807) is 0 Å². The molecule has 1 spiro atoms. The Morgan fingerprint density at radius 2 is 1.89 bits per heavy atom. The normalized spacial score (nSPS) is 25.9. The van der Waals surface area contributed by atoms with Gasteiger partial charge in [0.25, 0.3) is 0 Å². The van der Waals surface area contributed by atoms with Crippen molar-refractivity contribution >= 4 is 5.97 Å². The highest BCUT2D eigenvalue weighted by Gasteiger charge is 2.40. The lowest BCUT2D eigenvalue weighted by molar-refractivity contribution is -0.302. The molecule has 4 heteroatoms. The summed E-state index contributed by atoms with van der Waals surface area (Å²) in [5.41, 5.74) is 0. The van der Waals surface area contributed by atoms with Gasteiger partial charge in [0.05, 0.1) is 13.2 Å². The second-order valence-corrected chi connectivity index (χ2v) is 5.41. The van der Waals surface area contributed by atoms with Gasteiger partial charge in [0.15, 0.2) is 5.79 Å². The molecular weight excluding hydrogens is 232 g/mol. The van der Waals surface area contributed by atoms with E-state index in [-0.39, 0.29) is 23.8 Å². The average Bonchev–Trinajstić information content (AvgIpc) is 2.38. The number of carbonyl (C=O) groups is 1. The van der Waals surface area contributed by atoms with Crippen molar-refractivity contribution in [3.63, 3.8) is 0 Å². The molecule has 18 heavy (non-hydrogen) atoms. The standard InChI is InChI=1S/C14H24O4/c1-3-13(18-11(2)15)12-9-16-14(17-10-12)7-5-4-6-8-14/h12-13H,3-10H2,1-2H3. The van der Waals surface area contributed by atoms with Gasteiger partial charge in [-0.3, -0.25) is 4.79 Å². The molecule has 0 amide bonds. The summed E-state index contributed by atoms with van der Waals surface area (Å²) in [7, 11) is 0. The van der Waals surface area contributed by atoms with Gasteiger partial charge in [-0.2, -0.15) is 0 Å². The lowest BCUT2D eigenvalue weighted by atomic mass is 9.92. The predicted octanol–water partition coefficient (Wildman–Crippen LogP) is 2.65. The van der Waals surface area contributed by atoms with Crippen LogP contribution in [-0.4, -0.2) is 31.1 Å². The second-order valence-electron chi connectivity index (χ2n) is 5.41. The topological polar surface area (TPSA) is 44.8 Å². The van der Waals surface area contributed by atoms with Gasteiger partial charge >= 0.3 is 5.97 Å². The summed E-state index contributed by atoms with van der Waals surface area (Å²) in [4.78, 5) is 11.0. The lowest BCUT2D eigenvalue weighted by Crippen LogP contribution is -2.48. The molecule has 0 bridgehead atoms. The van der Waals surface area contributed by atoms with E-state index < -0.39 is 0 Å². The summed E-state index contributed by atoms with van der Waals surface area (Å²) in [6.07, 6.45) is 6.39. The summed E-state index contributed by atoms with van der Waals surface area (Å²) < 4.78 is 17.3. The van der Waals surface area contributed by atoms with Crippen molar-refractivity contribution in [3.8, 4) is 0 Å². The van der Waals surface area contributed by atoms with Crippen LogP contribution in [0.3, 0.4) is 0 Å². The molecule has 0 aromatic heterocycles. The van der Waals surface area contributed by atoms with Crippen molar-refractivity contribution in [2.45, 2.75) is 64.3 Å². The molecular formula is C14H24O4. The van der Waals surface area contributed by atoms with Crippen molar-refractivity contribution in [1.82, 2.24) is 0 Å². The van der Waals surface area contributed by atoms with E-state index in [0.29, 0.717) is 13.2 Å². The minimum absolute atomic E-state index is 0.0801. The van der Waals surface area contributed by atoms with Crippen molar-refractivity contribution in [2.75, 3.05) is 13.2 Å². The Morgan fingerprint density at radius 1 is 1.28 bits per heavy atom. The number of rotatable bonds is 3. The largest absolute Gasteiger partial charge is 0.462 e. The predicted molar refractivity (Wildman–Crippen MR) is 67.1 cm³/mol. The van der Waals surface area contributed by atoms with Crippen LogP contribution >= 0.6 is 0 Å². The maximum absolute atomic E-state index is 11.0. The van der Waals surface area contributed by atoms with E-state index in [4.69, 9.17) is 14.2 Å². The smallest absolute Gasteiger partial charge is 0.302 e. The summed E-state index contributed by atoms with van der Waals surface area (Å²) >= 11 is 0. The molecule has 1 aliphatic heterocycles. The van der Waals surface area contributed by atoms with Gasteiger partial charge in [0.2, 0.25) is 0 Å². The van der Waals surface area contributed by atoms with Crippen LogP contribution in [0.15, 0.2) is 0 Å². The third-order valence-electron chi connectivity index (χ3n) is 3.98. The zero-order valence-electron chi connectivity index (χ0n) is 11.4. The lowest BCUT2D eigenvalue weighted by Gasteiger charge is -2.43. The fourth-order valence-corrected chi connectivity index (χ4v) is 2.93. The fraction of sp³-hybridized carbons (Fsp3) is 0.929. The van der Waals surface area contributed by atoms with Gasteiger partial charge in [-0.1, -0.05) is 13.3 Å². The Morgan fingerprint density at radius 3 is 2.39 bits per heavy atom. The Hall–Kier alpha value is -0.610. The molecule has 0 aromatic rings. The molecule has 2 rings (SSSR count). The summed E-state index contributed by atoms with van der Waals surface area (Å²) in [6.45, 7) is 4.77. The van der Waals surface area contributed by atoms with Gasteiger partial charge in [0, 0.05) is 25.7 Å². The molecule has 0 radical (unpaired) electrons. The number of ether oxygens (including phenoxy) is 3. The quantitative estimate of drug-likeness (QED) is 0.728. The second kappa shape index (κ2) is 6.02. The maximum Gasteiger partial charge on any atom is 0.302 e. The third kappa shape index (κ3) is 3.23. The van der Waals surface area contributed by atoms with E-state index in [9.17, 15) is 4.79 Å². The van der Waals surface area contributed by atoms with Crippen LogP contribution in [0.4, 0.5) is 0 Å². The van der Waals surface area contributed by atoms with Crippen molar-refractivity contribution in [3.05, 3.63) is 0 Å². The number of hydrogen-bond donors (Lipinski definition) is 0. The zero-order chi connectivity index (χ0) is 13.0. The molecule has 1 saturated heterocycles. The van der Waals surface area contributed by atoms with Crippen LogP contribution in [0.25, 0.3) is 0 Å². The Bertz CT molecular complexity index is 274. The van der Waals surface area contributed by atoms with Gasteiger partial charge in [-0.25, -0.2) is 0 Å². The fourth-order valence-electron chi connectivity index (χ4n) is 2.93. The highest BCUT2D eigenvalue weighted by Crippen LogP contribution is 2.37. The van der Waals surface area contributed by atoms with Crippen LogP contribution in [-0.2, 0) is 19.0 Å². The van der Waals surface area contributed by atoms with Crippen LogP contribution in [0.1, 0.15) is 52.4 Å². The van der Waals surface area contributed by atoms with Gasteiger partial charge in [-0.15, -0.1) is 0 Å². The molecule has 1 atom stereocenters. The number of carbonyl (C=O) groups excluding carboxylic acids is 1. The molecule has 104 valence electrons. The van der Waals surface area contributed by atoms with Crippen molar-refractivity contribution in [2.24, 2.45) is 5.92 Å². The van der Waals surface area contributed by atoms with E-state index in [1.165, 1.54) is 26.2 Å². The van der Waals surface area contributed by atoms with Crippen LogP contribution < -0.4 is 0 Å². The van der Waals surface area contributed by atoms with Gasteiger partial charge in [0.1, 0.15) is 6.10 Å². The summed E-state index contributed by atoms with van der Waals surface area (Å²) in [6, 6.07) is 0. The first-order chi connectivity index (χ1) is 8.65. The van der Waals surface area contributed by atoms with Crippen molar-refractivity contribution in [1.29, 1.82) is 0 Å². The van der Waals surface area contributed by atoms with Gasteiger partial charge < -0.3 is 14.2 Å². The molecule has 1 unspecified atom stereocenters. The molecule has 4 nitrogen and oxygen atoms in total. The van der Waals surface area contributed by atoms with E-state index in [0.717, 1.165) is 19.3 Å². The van der Waals surface area contributed by atoms with Crippen molar-refractivity contribution < 1.29 is 19.0 Å². The van der Waals surface area contributed by atoms with Gasteiger partial charge in [-0.05, 0) is 19.3 Å². The highest BCUT2D eigenvalue weighted by atomic mass is 16.7. The molecule has 2 fully saturated rings. The first-order valence-corrected chi connectivity index (χ1v) is 7.10. The first kappa shape index (κ1) is 13.8. The van der Waals surface area contributed by atoms with Crippen LogP contribution in [0, 0.1) is 5.92 Å². The molecule has 1 saturated carbocycles. The third-order valence-corrected chi connectivity index (χ3v) is 3.98. The number of esters is 1. The molecule has 2 aliphatic rings. The Kier molecular flexibility index (Phi) is 4.62. The monoisotopic (exact) mass is 256 g/mol. The minimum atomic E-state index is -0.330. The van der Waals surface area contributed by atoms with E-state index in [1.807, 2.05) is 6.92 Å². The first-order valence-electron chi connectivity index (χ1n) is 7.10. The van der Waals surface area contributed by atoms with E-state index in [2.05, 4.69) is 0 Å². The minimum Gasteiger partial charge on any atom is -0.462 e. The summed E-state index contributed by atoms with van der Waals surface area (Å²) in [5.74, 6) is -0.380. The molecule has 0 aromatic carbocycles. The highest BCUT2D eigenvalue weighted by molar-refractivity contribution is 5.66. The average molecular weight is 256 g/mol. The molecule has 1 aliphatic carbocycles. The maximum atomic E-state index is 11.0. The van der Waals surface area contributed by atoms with Crippen LogP contribution in [0.5, 0.6) is 0 Å². The number of hydrogen-bond acceptors (Lipinski definition) is 4. The Balaban J connectivity index is 1.86. The van der Waals surface area contributed by atoms with E-state index >= 15 is 0 Å². The molecule has 0 N–H and O–H groups in total. The van der Waals surface area contributed by atoms with Crippen LogP contribution in [0.2, 0.25) is 0 Å². The summed E-state index contributed by atoms with van der Waals surface area (Å²) in [5, 5.41) is 0. The SMILES string of the molecule is CCC(OC(C)=O)C1COC2(CCCCC2)OC1. The Labute approximate surface area is 109 Å². The zero-order valence-corrected chi connectivity index (χ0v) is 11.4.